The van der Waals surface area contributed by atoms with E-state index in [1.807, 2.05) is 25.1 Å². The first-order chi connectivity index (χ1) is 17.9. The number of hydrogen-bond donors (Lipinski definition) is 0. The molecule has 8 nitrogen and oxygen atoms in total. The summed E-state index contributed by atoms with van der Waals surface area (Å²) < 4.78 is 23.6. The SMILES string of the molecule is COc1cc(C2c3c(oc4ccccc4c3=O)C(=O)N2c2nc3ccc(C)cc3s2)cc(OC)c1OC. The highest BCUT2D eigenvalue weighted by atomic mass is 32.1. The lowest BCUT2D eigenvalue weighted by molar-refractivity contribution is 0.0971. The number of aromatic nitrogens is 1. The normalized spacial score (nSPS) is 14.9. The Balaban J connectivity index is 1.66. The van der Waals surface area contributed by atoms with E-state index in [1.54, 1.807) is 36.4 Å². The molecule has 6 rings (SSSR count). The lowest BCUT2D eigenvalue weighted by Gasteiger charge is -2.24. The van der Waals surface area contributed by atoms with Gasteiger partial charge >= 0.3 is 0 Å². The summed E-state index contributed by atoms with van der Waals surface area (Å²) in [7, 11) is 4.55. The third-order valence-corrected chi connectivity index (χ3v) is 7.54. The van der Waals surface area contributed by atoms with E-state index in [1.165, 1.54) is 37.6 Å². The van der Waals surface area contributed by atoms with Crippen molar-refractivity contribution in [2.75, 3.05) is 26.2 Å². The molecule has 1 aliphatic heterocycles. The monoisotopic (exact) mass is 514 g/mol. The average Bonchev–Trinajstić information content (AvgIpc) is 3.45. The van der Waals surface area contributed by atoms with Crippen LogP contribution >= 0.6 is 11.3 Å². The quantitative estimate of drug-likeness (QED) is 0.306. The summed E-state index contributed by atoms with van der Waals surface area (Å²) in [5.74, 6) is 0.779. The standard InChI is InChI=1S/C28H22N2O6S/c1-14-9-10-17-21(11-14)37-28(29-17)30-23(15-12-19(33-2)25(35-4)20(13-15)34-3)22-24(31)16-7-5-6-8-18(16)36-26(22)27(30)32/h5-13,23H,1-4H3. The molecule has 0 aliphatic carbocycles. The molecule has 1 atom stereocenters. The van der Waals surface area contributed by atoms with Crippen LogP contribution in [0, 0.1) is 6.92 Å². The number of ether oxygens (including phenoxy) is 3. The second-order valence-corrected chi connectivity index (χ2v) is 9.68. The van der Waals surface area contributed by atoms with Crippen LogP contribution in [-0.4, -0.2) is 32.2 Å². The first-order valence-electron chi connectivity index (χ1n) is 11.5. The van der Waals surface area contributed by atoms with Crippen LogP contribution in [0.5, 0.6) is 17.2 Å². The Morgan fingerprint density at radius 1 is 0.946 bits per heavy atom. The minimum Gasteiger partial charge on any atom is -0.493 e. The van der Waals surface area contributed by atoms with Gasteiger partial charge in [-0.25, -0.2) is 4.98 Å². The Morgan fingerprint density at radius 2 is 1.68 bits per heavy atom. The molecule has 186 valence electrons. The van der Waals surface area contributed by atoms with Crippen LogP contribution in [0.4, 0.5) is 5.13 Å². The van der Waals surface area contributed by atoms with Crippen molar-refractivity contribution in [3.05, 3.63) is 87.3 Å². The van der Waals surface area contributed by atoms with E-state index in [-0.39, 0.29) is 16.8 Å². The van der Waals surface area contributed by atoms with Gasteiger partial charge in [0.1, 0.15) is 5.58 Å². The van der Waals surface area contributed by atoms with E-state index in [0.29, 0.717) is 38.9 Å². The zero-order valence-electron chi connectivity index (χ0n) is 20.5. The highest BCUT2D eigenvalue weighted by Gasteiger charge is 2.45. The molecule has 1 aliphatic rings. The number of amides is 1. The highest BCUT2D eigenvalue weighted by molar-refractivity contribution is 7.22. The molecule has 3 heterocycles. The Kier molecular flexibility index (Phi) is 5.38. The van der Waals surface area contributed by atoms with Crippen LogP contribution in [0.1, 0.15) is 33.3 Å². The minimum absolute atomic E-state index is 0.00196. The molecule has 1 unspecified atom stereocenters. The second kappa shape index (κ2) is 8.63. The van der Waals surface area contributed by atoms with Gasteiger partial charge < -0.3 is 18.6 Å². The van der Waals surface area contributed by atoms with Crippen molar-refractivity contribution in [2.24, 2.45) is 0 Å². The molecule has 0 radical (unpaired) electrons. The van der Waals surface area contributed by atoms with Crippen molar-refractivity contribution in [1.82, 2.24) is 4.98 Å². The Hall–Kier alpha value is -4.37. The Labute approximate surface area is 215 Å². The number of fused-ring (bicyclic) bond motifs is 3. The van der Waals surface area contributed by atoms with E-state index >= 15 is 0 Å². The number of carbonyl (C=O) groups excluding carboxylic acids is 1. The van der Waals surface area contributed by atoms with Crippen molar-refractivity contribution in [3.63, 3.8) is 0 Å². The van der Waals surface area contributed by atoms with E-state index in [0.717, 1.165) is 15.8 Å². The van der Waals surface area contributed by atoms with Gasteiger partial charge in [-0.05, 0) is 54.4 Å². The van der Waals surface area contributed by atoms with Crippen molar-refractivity contribution >= 4 is 43.6 Å². The molecule has 1 amide bonds. The van der Waals surface area contributed by atoms with Crippen LogP contribution < -0.4 is 24.5 Å². The molecule has 0 N–H and O–H groups in total. The molecule has 0 spiro atoms. The number of rotatable bonds is 5. The van der Waals surface area contributed by atoms with Crippen LogP contribution in [-0.2, 0) is 0 Å². The maximum Gasteiger partial charge on any atom is 0.297 e. The van der Waals surface area contributed by atoms with Crippen molar-refractivity contribution in [2.45, 2.75) is 13.0 Å². The smallest absolute Gasteiger partial charge is 0.297 e. The molecule has 5 aromatic rings. The lowest BCUT2D eigenvalue weighted by atomic mass is 9.98. The maximum absolute atomic E-state index is 13.9. The lowest BCUT2D eigenvalue weighted by Crippen LogP contribution is -2.29. The van der Waals surface area contributed by atoms with E-state index in [4.69, 9.17) is 23.6 Å². The molecule has 0 saturated heterocycles. The molecule has 9 heteroatoms. The van der Waals surface area contributed by atoms with Gasteiger partial charge in [-0.2, -0.15) is 0 Å². The fourth-order valence-electron chi connectivity index (χ4n) is 4.81. The van der Waals surface area contributed by atoms with E-state index in [2.05, 4.69) is 0 Å². The van der Waals surface area contributed by atoms with E-state index in [9.17, 15) is 9.59 Å². The third kappa shape index (κ3) is 3.46. The van der Waals surface area contributed by atoms with Crippen molar-refractivity contribution < 1.29 is 23.4 Å². The molecule has 0 fully saturated rings. The average molecular weight is 515 g/mol. The van der Waals surface area contributed by atoms with Gasteiger partial charge in [-0.3, -0.25) is 14.5 Å². The zero-order valence-corrected chi connectivity index (χ0v) is 21.3. The van der Waals surface area contributed by atoms with Crippen molar-refractivity contribution in [3.8, 4) is 17.2 Å². The van der Waals surface area contributed by atoms with Gasteiger partial charge in [0.25, 0.3) is 5.91 Å². The number of benzene rings is 3. The van der Waals surface area contributed by atoms with Crippen LogP contribution in [0.15, 0.2) is 63.8 Å². The zero-order chi connectivity index (χ0) is 25.8. The summed E-state index contributed by atoms with van der Waals surface area (Å²) in [5.41, 5.74) is 2.77. The third-order valence-electron chi connectivity index (χ3n) is 6.52. The number of carbonyl (C=O) groups is 1. The molecular formula is C28H22N2O6S. The molecule has 0 saturated carbocycles. The van der Waals surface area contributed by atoms with Gasteiger partial charge in [0.15, 0.2) is 22.1 Å². The predicted octanol–water partition coefficient (Wildman–Crippen LogP) is 5.49. The van der Waals surface area contributed by atoms with Crippen LogP contribution in [0.25, 0.3) is 21.2 Å². The molecule has 37 heavy (non-hydrogen) atoms. The van der Waals surface area contributed by atoms with Gasteiger partial charge in [-0.15, -0.1) is 0 Å². The first kappa shape index (κ1) is 23.1. The summed E-state index contributed by atoms with van der Waals surface area (Å²) in [6, 6.07) is 15.5. The number of thiazole rings is 1. The molecule has 0 bridgehead atoms. The number of nitrogens with zero attached hydrogens (tertiary/aromatic N) is 2. The summed E-state index contributed by atoms with van der Waals surface area (Å²) in [6.45, 7) is 2.00. The second-order valence-electron chi connectivity index (χ2n) is 8.67. The van der Waals surface area contributed by atoms with E-state index < -0.39 is 11.9 Å². The first-order valence-corrected chi connectivity index (χ1v) is 12.3. The van der Waals surface area contributed by atoms with Crippen LogP contribution in [0.2, 0.25) is 0 Å². The Bertz CT molecular complexity index is 1750. The topological polar surface area (TPSA) is 91.1 Å². The van der Waals surface area contributed by atoms with Gasteiger partial charge in [0, 0.05) is 0 Å². The molecular weight excluding hydrogens is 492 g/mol. The molecule has 3 aromatic carbocycles. The number of hydrogen-bond acceptors (Lipinski definition) is 8. The van der Waals surface area contributed by atoms with Gasteiger partial charge in [-0.1, -0.05) is 29.5 Å². The Morgan fingerprint density at radius 3 is 2.38 bits per heavy atom. The summed E-state index contributed by atoms with van der Waals surface area (Å²) in [6.07, 6.45) is 0. The number of anilines is 1. The fraction of sp³-hybridized carbons (Fsp3) is 0.179. The number of aryl methyl sites for hydroxylation is 1. The van der Waals surface area contributed by atoms with Crippen LogP contribution in [0.3, 0.4) is 0 Å². The minimum atomic E-state index is -0.821. The highest BCUT2D eigenvalue weighted by Crippen LogP contribution is 2.47. The molecule has 2 aromatic heterocycles. The maximum atomic E-state index is 13.9. The van der Waals surface area contributed by atoms with Gasteiger partial charge in [0.2, 0.25) is 11.5 Å². The van der Waals surface area contributed by atoms with Crippen molar-refractivity contribution in [1.29, 1.82) is 0 Å². The van der Waals surface area contributed by atoms with Gasteiger partial charge in [0.05, 0.1) is 48.5 Å². The summed E-state index contributed by atoms with van der Waals surface area (Å²) >= 11 is 1.38. The number of methoxy groups -OCH3 is 3. The predicted molar refractivity (Wildman–Crippen MR) is 142 cm³/mol. The fourth-order valence-corrected chi connectivity index (χ4v) is 5.90. The summed E-state index contributed by atoms with van der Waals surface area (Å²) in [4.78, 5) is 34.0. The summed E-state index contributed by atoms with van der Waals surface area (Å²) in [5, 5.41) is 0.854. The number of para-hydroxylation sites is 1. The largest absolute Gasteiger partial charge is 0.493 e.